The maximum atomic E-state index is 13.4. The van der Waals surface area contributed by atoms with Gasteiger partial charge in [-0.2, -0.15) is 0 Å². The number of halogens is 2. The fourth-order valence-electron chi connectivity index (χ4n) is 1.72. The Labute approximate surface area is 115 Å². The second kappa shape index (κ2) is 6.25. The summed E-state index contributed by atoms with van der Waals surface area (Å²) in [6.45, 7) is 0.434. The molecule has 0 aliphatic rings. The van der Waals surface area contributed by atoms with Crippen LogP contribution in [0.3, 0.4) is 0 Å². The van der Waals surface area contributed by atoms with Crippen LogP contribution < -0.4 is 5.32 Å². The summed E-state index contributed by atoms with van der Waals surface area (Å²) >= 11 is 0. The first-order valence-corrected chi connectivity index (χ1v) is 5.95. The molecule has 2 aromatic rings. The van der Waals surface area contributed by atoms with Crippen molar-refractivity contribution in [1.29, 1.82) is 0 Å². The van der Waals surface area contributed by atoms with E-state index in [1.165, 1.54) is 6.07 Å². The number of nitrogens with one attached hydrogen (secondary N) is 1. The van der Waals surface area contributed by atoms with Gasteiger partial charge in [0, 0.05) is 12.7 Å². The Balaban J connectivity index is 2.16. The smallest absolute Gasteiger partial charge is 0.255 e. The fourth-order valence-corrected chi connectivity index (χ4v) is 1.72. The summed E-state index contributed by atoms with van der Waals surface area (Å²) in [6, 6.07) is 9.98. The maximum absolute atomic E-state index is 13.4. The van der Waals surface area contributed by atoms with Crippen molar-refractivity contribution in [2.75, 3.05) is 12.4 Å². The molecule has 0 heterocycles. The molecule has 0 unspecified atom stereocenters. The van der Waals surface area contributed by atoms with Crippen LogP contribution in [0.15, 0.2) is 42.5 Å². The number of hydrogen-bond donors (Lipinski definition) is 1. The molecule has 2 rings (SSSR count). The van der Waals surface area contributed by atoms with E-state index in [9.17, 15) is 13.6 Å². The van der Waals surface area contributed by atoms with Crippen molar-refractivity contribution in [2.24, 2.45) is 0 Å². The standard InChI is InChI=1S/C15H13F2NO2/c1-20-9-10-5-7-11(8-6-10)15(19)18-14-12(16)3-2-4-13(14)17/h2-8H,9H2,1H3,(H,18,19). The zero-order valence-electron chi connectivity index (χ0n) is 10.8. The van der Waals surface area contributed by atoms with E-state index in [0.29, 0.717) is 12.2 Å². The number of hydrogen-bond acceptors (Lipinski definition) is 2. The highest BCUT2D eigenvalue weighted by Crippen LogP contribution is 2.19. The van der Waals surface area contributed by atoms with Gasteiger partial charge < -0.3 is 10.1 Å². The first-order chi connectivity index (χ1) is 9.61. The van der Waals surface area contributed by atoms with Crippen LogP contribution in [-0.2, 0) is 11.3 Å². The number of anilines is 1. The summed E-state index contributed by atoms with van der Waals surface area (Å²) in [7, 11) is 1.57. The van der Waals surface area contributed by atoms with Gasteiger partial charge >= 0.3 is 0 Å². The Morgan fingerprint density at radius 2 is 1.70 bits per heavy atom. The summed E-state index contributed by atoms with van der Waals surface area (Å²) in [4.78, 5) is 11.9. The van der Waals surface area contributed by atoms with Gasteiger partial charge in [0.15, 0.2) is 0 Å². The molecule has 0 aliphatic heterocycles. The molecule has 2 aromatic carbocycles. The molecule has 0 spiro atoms. The van der Waals surface area contributed by atoms with Gasteiger partial charge in [-0.3, -0.25) is 4.79 Å². The van der Waals surface area contributed by atoms with Crippen LogP contribution in [0.5, 0.6) is 0 Å². The van der Waals surface area contributed by atoms with Gasteiger partial charge in [0.25, 0.3) is 5.91 Å². The second-order valence-electron chi connectivity index (χ2n) is 4.18. The third-order valence-electron chi connectivity index (χ3n) is 2.73. The van der Waals surface area contributed by atoms with Gasteiger partial charge in [-0.1, -0.05) is 18.2 Å². The highest BCUT2D eigenvalue weighted by Gasteiger charge is 2.13. The molecule has 1 amide bonds. The molecule has 0 bridgehead atoms. The first kappa shape index (κ1) is 14.1. The first-order valence-electron chi connectivity index (χ1n) is 5.95. The van der Waals surface area contributed by atoms with E-state index in [-0.39, 0.29) is 0 Å². The minimum absolute atomic E-state index is 0.313. The molecule has 104 valence electrons. The number of benzene rings is 2. The molecule has 1 N–H and O–H groups in total. The van der Waals surface area contributed by atoms with Gasteiger partial charge in [-0.15, -0.1) is 0 Å². The quantitative estimate of drug-likeness (QED) is 0.930. The van der Waals surface area contributed by atoms with Crippen molar-refractivity contribution in [2.45, 2.75) is 6.61 Å². The minimum atomic E-state index is -0.811. The number of carbonyl (C=O) groups excluding carboxylic acids is 1. The Morgan fingerprint density at radius 1 is 1.10 bits per heavy atom. The highest BCUT2D eigenvalue weighted by atomic mass is 19.1. The van der Waals surface area contributed by atoms with E-state index in [1.54, 1.807) is 31.4 Å². The van der Waals surface area contributed by atoms with Crippen LogP contribution in [0.1, 0.15) is 15.9 Å². The third-order valence-corrected chi connectivity index (χ3v) is 2.73. The predicted molar refractivity (Wildman–Crippen MR) is 71.5 cm³/mol. The summed E-state index contributed by atoms with van der Waals surface area (Å²) in [5.74, 6) is -2.19. The number of rotatable bonds is 4. The van der Waals surface area contributed by atoms with E-state index in [4.69, 9.17) is 4.74 Å². The topological polar surface area (TPSA) is 38.3 Å². The predicted octanol–water partition coefficient (Wildman–Crippen LogP) is 3.36. The molecular weight excluding hydrogens is 264 g/mol. The van der Waals surface area contributed by atoms with Crippen molar-refractivity contribution < 1.29 is 18.3 Å². The molecule has 0 aromatic heterocycles. The van der Waals surface area contributed by atoms with Crippen LogP contribution in [-0.4, -0.2) is 13.0 Å². The Morgan fingerprint density at radius 3 is 2.25 bits per heavy atom. The molecule has 3 nitrogen and oxygen atoms in total. The Kier molecular flexibility index (Phi) is 4.42. The van der Waals surface area contributed by atoms with E-state index < -0.39 is 23.2 Å². The molecule has 0 aliphatic carbocycles. The van der Waals surface area contributed by atoms with Crippen LogP contribution in [0, 0.1) is 11.6 Å². The summed E-state index contributed by atoms with van der Waals surface area (Å²) in [5, 5.41) is 2.23. The summed E-state index contributed by atoms with van der Waals surface area (Å²) < 4.78 is 31.8. The lowest BCUT2D eigenvalue weighted by molar-refractivity contribution is 0.102. The number of carbonyl (C=O) groups is 1. The molecule has 0 saturated heterocycles. The minimum Gasteiger partial charge on any atom is -0.380 e. The average molecular weight is 277 g/mol. The number of methoxy groups -OCH3 is 1. The van der Waals surface area contributed by atoms with E-state index in [2.05, 4.69) is 5.32 Å². The molecule has 0 radical (unpaired) electrons. The molecule has 20 heavy (non-hydrogen) atoms. The number of ether oxygens (including phenoxy) is 1. The lowest BCUT2D eigenvalue weighted by Crippen LogP contribution is -2.14. The van der Waals surface area contributed by atoms with E-state index in [1.807, 2.05) is 0 Å². The normalized spacial score (nSPS) is 10.3. The maximum Gasteiger partial charge on any atom is 0.255 e. The number of amides is 1. The molecule has 0 saturated carbocycles. The SMILES string of the molecule is COCc1ccc(C(=O)Nc2c(F)cccc2F)cc1. The van der Waals surface area contributed by atoms with E-state index >= 15 is 0 Å². The van der Waals surface area contributed by atoms with Crippen LogP contribution in [0.25, 0.3) is 0 Å². The van der Waals surface area contributed by atoms with Gasteiger partial charge in [-0.05, 0) is 29.8 Å². The van der Waals surface area contributed by atoms with Crippen LogP contribution in [0.4, 0.5) is 14.5 Å². The van der Waals surface area contributed by atoms with Gasteiger partial charge in [0.1, 0.15) is 17.3 Å². The average Bonchev–Trinajstić information content (AvgIpc) is 2.44. The van der Waals surface area contributed by atoms with Crippen molar-refractivity contribution in [1.82, 2.24) is 0 Å². The zero-order chi connectivity index (χ0) is 14.5. The van der Waals surface area contributed by atoms with E-state index in [0.717, 1.165) is 17.7 Å². The fraction of sp³-hybridized carbons (Fsp3) is 0.133. The number of para-hydroxylation sites is 1. The molecule has 0 fully saturated rings. The molecular formula is C15H13F2NO2. The van der Waals surface area contributed by atoms with Crippen molar-refractivity contribution >= 4 is 11.6 Å². The third kappa shape index (κ3) is 3.19. The molecule has 0 atom stereocenters. The van der Waals surface area contributed by atoms with Crippen LogP contribution in [0.2, 0.25) is 0 Å². The second-order valence-corrected chi connectivity index (χ2v) is 4.18. The van der Waals surface area contributed by atoms with Gasteiger partial charge in [0.2, 0.25) is 0 Å². The van der Waals surface area contributed by atoms with Crippen molar-refractivity contribution in [3.05, 3.63) is 65.2 Å². The lowest BCUT2D eigenvalue weighted by atomic mass is 10.1. The largest absolute Gasteiger partial charge is 0.380 e. The Bertz CT molecular complexity index is 592. The van der Waals surface area contributed by atoms with Crippen molar-refractivity contribution in [3.63, 3.8) is 0 Å². The van der Waals surface area contributed by atoms with Gasteiger partial charge in [-0.25, -0.2) is 8.78 Å². The highest BCUT2D eigenvalue weighted by molar-refractivity contribution is 6.04. The van der Waals surface area contributed by atoms with Crippen molar-refractivity contribution in [3.8, 4) is 0 Å². The lowest BCUT2D eigenvalue weighted by Gasteiger charge is -2.08. The summed E-state index contributed by atoms with van der Waals surface area (Å²) in [5.41, 5.74) is 0.770. The zero-order valence-corrected chi connectivity index (χ0v) is 10.8. The molecule has 5 heteroatoms. The van der Waals surface area contributed by atoms with Crippen LogP contribution >= 0.6 is 0 Å². The summed E-state index contributed by atoms with van der Waals surface area (Å²) in [6.07, 6.45) is 0. The Hall–Kier alpha value is -2.27. The monoisotopic (exact) mass is 277 g/mol. The van der Waals surface area contributed by atoms with Gasteiger partial charge in [0.05, 0.1) is 6.61 Å².